The van der Waals surface area contributed by atoms with Crippen molar-refractivity contribution in [3.63, 3.8) is 0 Å². The van der Waals surface area contributed by atoms with Crippen LogP contribution in [0, 0.1) is 0 Å². The number of hydrogen-bond acceptors (Lipinski definition) is 10. The molecule has 0 spiro atoms. The van der Waals surface area contributed by atoms with Crippen molar-refractivity contribution in [1.29, 1.82) is 0 Å². The first-order valence-corrected chi connectivity index (χ1v) is 17.6. The van der Waals surface area contributed by atoms with Crippen LogP contribution >= 0.6 is 0 Å². The van der Waals surface area contributed by atoms with E-state index in [1.807, 2.05) is 0 Å². The molecule has 1 rings (SSSR count). The van der Waals surface area contributed by atoms with Crippen molar-refractivity contribution in [3.05, 3.63) is 0 Å². The van der Waals surface area contributed by atoms with E-state index in [4.69, 9.17) is 18.9 Å². The lowest BCUT2D eigenvalue weighted by Gasteiger charge is -2.39. The lowest BCUT2D eigenvalue weighted by Crippen LogP contribution is -2.59. The second-order valence-corrected chi connectivity index (χ2v) is 12.3. The molecule has 44 heavy (non-hydrogen) atoms. The molecule has 1 aliphatic heterocycles. The molecular weight excluding hydrogens is 568 g/mol. The summed E-state index contributed by atoms with van der Waals surface area (Å²) in [5, 5.41) is 39.7. The van der Waals surface area contributed by atoms with E-state index in [0.717, 1.165) is 38.5 Å². The van der Waals surface area contributed by atoms with Gasteiger partial charge < -0.3 is 39.4 Å². The Morgan fingerprint density at radius 1 is 0.614 bits per heavy atom. The molecule has 10 nitrogen and oxygen atoms in total. The predicted molar refractivity (Wildman–Crippen MR) is 169 cm³/mol. The first-order valence-electron chi connectivity index (χ1n) is 17.6. The number of esters is 2. The quantitative estimate of drug-likeness (QED) is 0.0644. The van der Waals surface area contributed by atoms with E-state index in [2.05, 4.69) is 13.8 Å². The van der Waals surface area contributed by atoms with E-state index in [1.165, 1.54) is 77.0 Å². The Kier molecular flexibility index (Phi) is 24.9. The van der Waals surface area contributed by atoms with Gasteiger partial charge in [-0.2, -0.15) is 0 Å². The zero-order valence-electron chi connectivity index (χ0n) is 27.7. The molecule has 0 aromatic carbocycles. The molecule has 0 aromatic rings. The number of aliphatic hydroxyl groups excluding tert-OH is 4. The number of rotatable bonds is 28. The van der Waals surface area contributed by atoms with Crippen molar-refractivity contribution in [2.24, 2.45) is 0 Å². The van der Waals surface area contributed by atoms with Gasteiger partial charge in [-0.25, -0.2) is 0 Å². The maximum Gasteiger partial charge on any atom is 0.306 e. The maximum atomic E-state index is 12.6. The summed E-state index contributed by atoms with van der Waals surface area (Å²) in [5.74, 6) is -0.807. The molecule has 260 valence electrons. The number of carbonyl (C=O) groups excluding carboxylic acids is 2. The monoisotopic (exact) mass is 632 g/mol. The second-order valence-electron chi connectivity index (χ2n) is 12.3. The Bertz CT molecular complexity index is 704. The van der Waals surface area contributed by atoms with Gasteiger partial charge in [0.25, 0.3) is 0 Å². The molecule has 0 radical (unpaired) electrons. The molecule has 6 atom stereocenters. The first-order chi connectivity index (χ1) is 21.3. The van der Waals surface area contributed by atoms with Gasteiger partial charge in [-0.3, -0.25) is 9.59 Å². The lowest BCUT2D eigenvalue weighted by molar-refractivity contribution is -0.305. The van der Waals surface area contributed by atoms with Gasteiger partial charge in [0, 0.05) is 12.8 Å². The zero-order chi connectivity index (χ0) is 32.4. The average Bonchev–Trinajstić information content (AvgIpc) is 3.02. The summed E-state index contributed by atoms with van der Waals surface area (Å²) in [5.41, 5.74) is 0. The smallest absolute Gasteiger partial charge is 0.306 e. The van der Waals surface area contributed by atoms with Crippen LogP contribution in [0.25, 0.3) is 0 Å². The van der Waals surface area contributed by atoms with E-state index in [-0.39, 0.29) is 32.0 Å². The molecule has 1 aliphatic rings. The molecular formula is C34H64O10. The third-order valence-electron chi connectivity index (χ3n) is 8.24. The minimum absolute atomic E-state index is 0.211. The van der Waals surface area contributed by atoms with E-state index in [1.54, 1.807) is 0 Å². The first kappa shape index (κ1) is 40.7. The maximum absolute atomic E-state index is 12.6. The fourth-order valence-electron chi connectivity index (χ4n) is 5.36. The fourth-order valence-corrected chi connectivity index (χ4v) is 5.36. The van der Waals surface area contributed by atoms with Crippen LogP contribution in [0.3, 0.4) is 0 Å². The molecule has 0 aliphatic carbocycles. The minimum Gasteiger partial charge on any atom is -0.462 e. The summed E-state index contributed by atoms with van der Waals surface area (Å²) in [4.78, 5) is 25.0. The number of ether oxygens (including phenoxy) is 4. The Hall–Kier alpha value is -1.30. The third kappa shape index (κ3) is 19.3. The van der Waals surface area contributed by atoms with Gasteiger partial charge in [0.15, 0.2) is 12.4 Å². The molecule has 1 fully saturated rings. The average molecular weight is 633 g/mol. The van der Waals surface area contributed by atoms with Crippen LogP contribution in [-0.2, 0) is 28.5 Å². The molecule has 0 bridgehead atoms. The van der Waals surface area contributed by atoms with Crippen molar-refractivity contribution in [2.45, 2.75) is 185 Å². The predicted octanol–water partition coefficient (Wildman–Crippen LogP) is 5.49. The van der Waals surface area contributed by atoms with E-state index in [9.17, 15) is 30.0 Å². The molecule has 0 amide bonds. The highest BCUT2D eigenvalue weighted by molar-refractivity contribution is 5.70. The standard InChI is InChI=1S/C34H64O10/c1-3-5-7-9-11-13-15-17-19-21-23-30(37)43-27(26-42-34-33(40)32(39)31(38)28(24-35)44-34)25-41-29(36)22-20-18-16-14-12-10-8-6-4-2/h27-28,31-35,38-40H,3-26H2,1-2H3/t27-,28-,31+,32?,33?,34-/m1/s1. The minimum atomic E-state index is -1.59. The lowest BCUT2D eigenvalue weighted by atomic mass is 9.99. The molecule has 1 saturated heterocycles. The number of hydrogen-bond donors (Lipinski definition) is 4. The third-order valence-corrected chi connectivity index (χ3v) is 8.24. The summed E-state index contributed by atoms with van der Waals surface area (Å²) >= 11 is 0. The fraction of sp³-hybridized carbons (Fsp3) is 0.941. The van der Waals surface area contributed by atoms with Gasteiger partial charge in [-0.15, -0.1) is 0 Å². The second kappa shape index (κ2) is 26.9. The molecule has 1 heterocycles. The van der Waals surface area contributed by atoms with E-state index >= 15 is 0 Å². The molecule has 2 unspecified atom stereocenters. The van der Waals surface area contributed by atoms with E-state index < -0.39 is 49.4 Å². The zero-order valence-corrected chi connectivity index (χ0v) is 27.7. The topological polar surface area (TPSA) is 152 Å². The Balaban J connectivity index is 2.45. The van der Waals surface area contributed by atoms with Crippen LogP contribution < -0.4 is 0 Å². The summed E-state index contributed by atoms with van der Waals surface area (Å²) in [6, 6.07) is 0. The van der Waals surface area contributed by atoms with Crippen LogP contribution in [0.1, 0.15) is 149 Å². The van der Waals surface area contributed by atoms with Crippen molar-refractivity contribution in [2.75, 3.05) is 19.8 Å². The summed E-state index contributed by atoms with van der Waals surface area (Å²) < 4.78 is 21.9. The Morgan fingerprint density at radius 3 is 1.55 bits per heavy atom. The SMILES string of the molecule is CCCCCCCCCCCCC(=O)O[C@H](COC(=O)CCCCCCCCCCC)CO[C@@H]1O[C@H](CO)[C@H](O)C(O)C1O. The summed E-state index contributed by atoms with van der Waals surface area (Å²) in [6.45, 7) is 3.36. The summed E-state index contributed by atoms with van der Waals surface area (Å²) in [7, 11) is 0. The molecule has 0 aromatic heterocycles. The van der Waals surface area contributed by atoms with Crippen molar-refractivity contribution in [1.82, 2.24) is 0 Å². The van der Waals surface area contributed by atoms with E-state index in [0.29, 0.717) is 6.42 Å². The van der Waals surface area contributed by atoms with Crippen LogP contribution in [0.15, 0.2) is 0 Å². The van der Waals surface area contributed by atoms with Crippen LogP contribution in [0.2, 0.25) is 0 Å². The van der Waals surface area contributed by atoms with Gasteiger partial charge in [0.1, 0.15) is 31.0 Å². The highest BCUT2D eigenvalue weighted by Gasteiger charge is 2.44. The number of unbranched alkanes of at least 4 members (excludes halogenated alkanes) is 17. The highest BCUT2D eigenvalue weighted by atomic mass is 16.7. The van der Waals surface area contributed by atoms with Crippen LogP contribution in [-0.4, -0.2) is 89.0 Å². The Labute approximate surface area is 266 Å². The van der Waals surface area contributed by atoms with Crippen molar-refractivity contribution < 1.29 is 49.0 Å². The number of aliphatic hydroxyl groups is 4. The van der Waals surface area contributed by atoms with Gasteiger partial charge in [0.2, 0.25) is 0 Å². The largest absolute Gasteiger partial charge is 0.462 e. The van der Waals surface area contributed by atoms with Gasteiger partial charge in [-0.1, -0.05) is 123 Å². The van der Waals surface area contributed by atoms with Crippen molar-refractivity contribution in [3.8, 4) is 0 Å². The highest BCUT2D eigenvalue weighted by Crippen LogP contribution is 2.22. The van der Waals surface area contributed by atoms with Gasteiger partial charge in [0.05, 0.1) is 13.2 Å². The molecule has 10 heteroatoms. The Morgan fingerprint density at radius 2 is 1.07 bits per heavy atom. The number of carbonyl (C=O) groups is 2. The van der Waals surface area contributed by atoms with Crippen LogP contribution in [0.5, 0.6) is 0 Å². The summed E-state index contributed by atoms with van der Waals surface area (Å²) in [6.07, 6.45) is 14.2. The van der Waals surface area contributed by atoms with Gasteiger partial charge >= 0.3 is 11.9 Å². The van der Waals surface area contributed by atoms with Gasteiger partial charge in [-0.05, 0) is 12.8 Å². The van der Waals surface area contributed by atoms with Crippen LogP contribution in [0.4, 0.5) is 0 Å². The molecule has 4 N–H and O–H groups in total. The van der Waals surface area contributed by atoms with Crippen molar-refractivity contribution >= 4 is 11.9 Å². The normalized spacial score (nSPS) is 22.5. The molecule has 0 saturated carbocycles.